The molecule has 150 valence electrons. The molecule has 7 nitrogen and oxygen atoms in total. The van der Waals surface area contributed by atoms with Crippen molar-refractivity contribution in [3.05, 3.63) is 75.7 Å². The van der Waals surface area contributed by atoms with Gasteiger partial charge < -0.3 is 9.47 Å². The van der Waals surface area contributed by atoms with Crippen LogP contribution in [0.3, 0.4) is 0 Å². The molecular formula is C21H21ClN4O3. The van der Waals surface area contributed by atoms with E-state index >= 15 is 0 Å². The predicted molar refractivity (Wildman–Crippen MR) is 115 cm³/mol. The Morgan fingerprint density at radius 3 is 2.62 bits per heavy atom. The van der Waals surface area contributed by atoms with Gasteiger partial charge in [-0.3, -0.25) is 10.2 Å². The van der Waals surface area contributed by atoms with Crippen LogP contribution in [0.15, 0.2) is 64.6 Å². The van der Waals surface area contributed by atoms with Crippen molar-refractivity contribution in [2.75, 3.05) is 12.5 Å². The molecule has 0 aliphatic rings. The molecule has 3 rings (SSSR count). The number of hydrogen-bond acceptors (Lipinski definition) is 6. The standard InChI is InChI=1S/C21H21ClN4O3/c1-14(2)29-18-6-4-5-15(11-18)12-23-25-19-13-24-26(21(27)20(19)22)16-7-9-17(28-3)10-8-16/h4-14,25H,1-3H3/b23-12-. The van der Waals surface area contributed by atoms with Crippen molar-refractivity contribution in [3.8, 4) is 17.2 Å². The Bertz CT molecular complexity index is 1060. The Hall–Kier alpha value is -3.32. The zero-order chi connectivity index (χ0) is 20.8. The van der Waals surface area contributed by atoms with E-state index < -0.39 is 5.56 Å². The van der Waals surface area contributed by atoms with Crippen molar-refractivity contribution < 1.29 is 9.47 Å². The van der Waals surface area contributed by atoms with E-state index in [2.05, 4.69) is 15.6 Å². The molecule has 0 amide bonds. The molecule has 29 heavy (non-hydrogen) atoms. The van der Waals surface area contributed by atoms with Crippen molar-refractivity contribution in [3.63, 3.8) is 0 Å². The summed E-state index contributed by atoms with van der Waals surface area (Å²) in [7, 11) is 1.57. The lowest BCUT2D eigenvalue weighted by Gasteiger charge is -2.10. The normalized spacial score (nSPS) is 11.1. The first-order chi connectivity index (χ1) is 14.0. The molecule has 0 spiro atoms. The number of ether oxygens (including phenoxy) is 2. The number of anilines is 1. The molecule has 0 atom stereocenters. The molecule has 1 N–H and O–H groups in total. The third-order valence-electron chi connectivity index (χ3n) is 3.86. The fourth-order valence-corrected chi connectivity index (χ4v) is 2.71. The SMILES string of the molecule is COc1ccc(-n2ncc(N/N=C\c3cccc(OC(C)C)c3)c(Cl)c2=O)cc1. The molecule has 0 fully saturated rings. The number of methoxy groups -OCH3 is 1. The minimum absolute atomic E-state index is 0.00939. The lowest BCUT2D eigenvalue weighted by molar-refractivity contribution is 0.242. The summed E-state index contributed by atoms with van der Waals surface area (Å²) in [6, 6.07) is 14.4. The average Bonchev–Trinajstić information content (AvgIpc) is 2.71. The minimum Gasteiger partial charge on any atom is -0.497 e. The Kier molecular flexibility index (Phi) is 6.51. The second kappa shape index (κ2) is 9.25. The highest BCUT2D eigenvalue weighted by atomic mass is 35.5. The molecule has 3 aromatic rings. The number of halogens is 1. The van der Waals surface area contributed by atoms with Crippen LogP contribution in [0, 0.1) is 0 Å². The summed E-state index contributed by atoms with van der Waals surface area (Å²) in [4.78, 5) is 12.6. The van der Waals surface area contributed by atoms with Crippen LogP contribution in [-0.4, -0.2) is 29.2 Å². The van der Waals surface area contributed by atoms with Crippen LogP contribution >= 0.6 is 11.6 Å². The van der Waals surface area contributed by atoms with Crippen LogP contribution in [0.1, 0.15) is 19.4 Å². The topological polar surface area (TPSA) is 77.7 Å². The van der Waals surface area contributed by atoms with Gasteiger partial charge in [-0.25, -0.2) is 0 Å². The highest BCUT2D eigenvalue weighted by molar-refractivity contribution is 6.32. The fraction of sp³-hybridized carbons (Fsp3) is 0.190. The third-order valence-corrected chi connectivity index (χ3v) is 4.23. The number of benzene rings is 2. The molecule has 0 saturated carbocycles. The summed E-state index contributed by atoms with van der Waals surface area (Å²) < 4.78 is 12.0. The van der Waals surface area contributed by atoms with Crippen molar-refractivity contribution in [1.29, 1.82) is 0 Å². The average molecular weight is 413 g/mol. The Morgan fingerprint density at radius 2 is 1.93 bits per heavy atom. The second-order valence-electron chi connectivity index (χ2n) is 6.40. The largest absolute Gasteiger partial charge is 0.497 e. The molecule has 0 aliphatic carbocycles. The quantitative estimate of drug-likeness (QED) is 0.466. The first-order valence-electron chi connectivity index (χ1n) is 8.96. The zero-order valence-corrected chi connectivity index (χ0v) is 17.1. The Balaban J connectivity index is 1.76. The molecule has 0 unspecified atom stereocenters. The van der Waals surface area contributed by atoms with Crippen LogP contribution in [0.5, 0.6) is 11.5 Å². The van der Waals surface area contributed by atoms with Gasteiger partial charge in [-0.1, -0.05) is 23.7 Å². The maximum atomic E-state index is 12.6. The van der Waals surface area contributed by atoms with Gasteiger partial charge in [0.05, 0.1) is 31.3 Å². The molecule has 1 heterocycles. The van der Waals surface area contributed by atoms with Gasteiger partial charge in [0, 0.05) is 0 Å². The summed E-state index contributed by atoms with van der Waals surface area (Å²) in [5.74, 6) is 1.44. The summed E-state index contributed by atoms with van der Waals surface area (Å²) in [6.07, 6.45) is 3.14. The van der Waals surface area contributed by atoms with E-state index in [0.29, 0.717) is 17.1 Å². The second-order valence-corrected chi connectivity index (χ2v) is 6.77. The predicted octanol–water partition coefficient (Wildman–Crippen LogP) is 4.13. The van der Waals surface area contributed by atoms with E-state index in [4.69, 9.17) is 21.1 Å². The fourth-order valence-electron chi connectivity index (χ4n) is 2.53. The maximum Gasteiger partial charge on any atom is 0.292 e. The summed E-state index contributed by atoms with van der Waals surface area (Å²) >= 11 is 6.22. The van der Waals surface area contributed by atoms with Crippen LogP contribution in [-0.2, 0) is 0 Å². The molecule has 2 aromatic carbocycles. The number of hydrazone groups is 1. The van der Waals surface area contributed by atoms with Crippen LogP contribution in [0.25, 0.3) is 5.69 Å². The van der Waals surface area contributed by atoms with Crippen molar-refractivity contribution in [2.45, 2.75) is 20.0 Å². The van der Waals surface area contributed by atoms with Crippen molar-refractivity contribution >= 4 is 23.5 Å². The first kappa shape index (κ1) is 20.4. The van der Waals surface area contributed by atoms with E-state index in [1.54, 1.807) is 37.6 Å². The van der Waals surface area contributed by atoms with Crippen LogP contribution in [0.2, 0.25) is 5.02 Å². The zero-order valence-electron chi connectivity index (χ0n) is 16.3. The smallest absolute Gasteiger partial charge is 0.292 e. The summed E-state index contributed by atoms with van der Waals surface area (Å²) in [5, 5.41) is 8.29. The van der Waals surface area contributed by atoms with Gasteiger partial charge in [-0.15, -0.1) is 0 Å². The van der Waals surface area contributed by atoms with Gasteiger partial charge in [-0.05, 0) is 55.8 Å². The lowest BCUT2D eigenvalue weighted by Crippen LogP contribution is -2.22. The van der Waals surface area contributed by atoms with Crippen molar-refractivity contribution in [2.24, 2.45) is 5.10 Å². The third kappa shape index (κ3) is 5.14. The molecule has 0 aliphatic heterocycles. The summed E-state index contributed by atoms with van der Waals surface area (Å²) in [6.45, 7) is 3.93. The van der Waals surface area contributed by atoms with Gasteiger partial charge in [0.2, 0.25) is 0 Å². The highest BCUT2D eigenvalue weighted by Crippen LogP contribution is 2.18. The van der Waals surface area contributed by atoms with Gasteiger partial charge in [0.15, 0.2) is 0 Å². The first-order valence-corrected chi connectivity index (χ1v) is 9.34. The van der Waals surface area contributed by atoms with Gasteiger partial charge in [-0.2, -0.15) is 14.9 Å². The number of aromatic nitrogens is 2. The van der Waals surface area contributed by atoms with Gasteiger partial charge >= 0.3 is 0 Å². The number of nitrogens with one attached hydrogen (secondary N) is 1. The van der Waals surface area contributed by atoms with E-state index in [-0.39, 0.29) is 11.1 Å². The molecule has 0 bridgehead atoms. The van der Waals surface area contributed by atoms with Crippen LogP contribution in [0.4, 0.5) is 5.69 Å². The molecule has 1 aromatic heterocycles. The minimum atomic E-state index is -0.454. The number of nitrogens with zero attached hydrogens (tertiary/aromatic N) is 3. The molecule has 8 heteroatoms. The number of rotatable bonds is 7. The summed E-state index contributed by atoms with van der Waals surface area (Å²) in [5.41, 5.74) is 4.04. The Morgan fingerprint density at radius 1 is 1.17 bits per heavy atom. The number of hydrogen-bond donors (Lipinski definition) is 1. The van der Waals surface area contributed by atoms with Crippen LogP contribution < -0.4 is 20.5 Å². The molecular weight excluding hydrogens is 392 g/mol. The monoisotopic (exact) mass is 412 g/mol. The Labute approximate surface area is 173 Å². The van der Waals surface area contributed by atoms with E-state index in [1.807, 2.05) is 38.1 Å². The lowest BCUT2D eigenvalue weighted by atomic mass is 10.2. The van der Waals surface area contributed by atoms with Crippen molar-refractivity contribution in [1.82, 2.24) is 9.78 Å². The van der Waals surface area contributed by atoms with E-state index in [1.165, 1.54) is 10.9 Å². The molecule has 0 radical (unpaired) electrons. The molecule has 0 saturated heterocycles. The van der Waals surface area contributed by atoms with Gasteiger partial charge in [0.1, 0.15) is 22.2 Å². The van der Waals surface area contributed by atoms with E-state index in [0.717, 1.165) is 11.3 Å². The van der Waals surface area contributed by atoms with E-state index in [9.17, 15) is 4.79 Å². The highest BCUT2D eigenvalue weighted by Gasteiger charge is 2.10. The van der Waals surface area contributed by atoms with Gasteiger partial charge in [0.25, 0.3) is 5.56 Å². The maximum absolute atomic E-state index is 12.6.